The van der Waals surface area contributed by atoms with Crippen LogP contribution in [0.25, 0.3) is 0 Å². The average molecular weight is 319 g/mol. The molecule has 0 aliphatic heterocycles. The summed E-state index contributed by atoms with van der Waals surface area (Å²) in [6.07, 6.45) is 0. The van der Waals surface area contributed by atoms with Crippen molar-refractivity contribution in [3.63, 3.8) is 0 Å². The van der Waals surface area contributed by atoms with Crippen LogP contribution in [-0.2, 0) is 18.0 Å². The monoisotopic (exact) mass is 319 g/mol. The van der Waals surface area contributed by atoms with Crippen LogP contribution >= 0.6 is 0 Å². The second kappa shape index (κ2) is 7.44. The van der Waals surface area contributed by atoms with Gasteiger partial charge in [0.1, 0.15) is 6.54 Å². The number of nitriles is 1. The number of benzene rings is 2. The van der Waals surface area contributed by atoms with E-state index in [2.05, 4.69) is 11.2 Å². The molecule has 0 aliphatic rings. The molecule has 3 rings (SSSR count). The third kappa shape index (κ3) is 4.00. The van der Waals surface area contributed by atoms with Crippen molar-refractivity contribution in [2.24, 2.45) is 0 Å². The number of para-hydroxylation sites is 1. The lowest BCUT2D eigenvalue weighted by molar-refractivity contribution is 0.0863. The smallest absolute Gasteiger partial charge is 0.158 e. The summed E-state index contributed by atoms with van der Waals surface area (Å²) in [5.41, 5.74) is 3.39. The molecule has 1 heterocycles. The Morgan fingerprint density at radius 2 is 1.88 bits per heavy atom. The lowest BCUT2D eigenvalue weighted by Gasteiger charge is -2.22. The largest absolute Gasteiger partial charge is 0.359 e. The maximum Gasteiger partial charge on any atom is 0.158 e. The molecule has 0 spiro atoms. The summed E-state index contributed by atoms with van der Waals surface area (Å²) < 4.78 is 5.29. The van der Waals surface area contributed by atoms with Crippen molar-refractivity contribution < 1.29 is 9.36 Å². The zero-order chi connectivity index (χ0) is 16.8. The summed E-state index contributed by atoms with van der Waals surface area (Å²) in [6.45, 7) is 2.74. The van der Waals surface area contributed by atoms with Crippen LogP contribution in [0.5, 0.6) is 0 Å². The number of hydrogen-bond donors (Lipinski definition) is 0. The zero-order valence-electron chi connectivity index (χ0n) is 13.3. The Hall–Kier alpha value is -3.10. The number of aromatic nitrogens is 1. The molecule has 5 heteroatoms. The fraction of sp³-hybridized carbons (Fsp3) is 0.158. The highest BCUT2D eigenvalue weighted by Crippen LogP contribution is 2.19. The number of rotatable bonds is 6. The van der Waals surface area contributed by atoms with Crippen LogP contribution in [0.4, 0.5) is 5.69 Å². The molecule has 0 radical (unpaired) electrons. The Morgan fingerprint density at radius 1 is 1.12 bits per heavy atom. The number of hydrogen-bond acceptors (Lipinski definition) is 5. The molecule has 24 heavy (non-hydrogen) atoms. The van der Waals surface area contributed by atoms with Crippen molar-refractivity contribution in [2.45, 2.75) is 20.1 Å². The molecule has 0 aliphatic carbocycles. The van der Waals surface area contributed by atoms with E-state index in [1.165, 1.54) is 0 Å². The van der Waals surface area contributed by atoms with Gasteiger partial charge < -0.3 is 4.52 Å². The van der Waals surface area contributed by atoms with Gasteiger partial charge in [-0.2, -0.15) is 5.26 Å². The van der Waals surface area contributed by atoms with Crippen LogP contribution in [-0.4, -0.2) is 5.16 Å². The maximum atomic E-state index is 8.86. The Kier molecular flexibility index (Phi) is 4.90. The normalized spacial score (nSPS) is 10.3. The molecule has 0 atom stereocenters. The van der Waals surface area contributed by atoms with Crippen molar-refractivity contribution in [3.05, 3.63) is 83.2 Å². The fourth-order valence-corrected chi connectivity index (χ4v) is 2.27. The van der Waals surface area contributed by atoms with Crippen molar-refractivity contribution in [1.29, 1.82) is 5.26 Å². The first kappa shape index (κ1) is 15.8. The topological polar surface area (TPSA) is 62.3 Å². The summed E-state index contributed by atoms with van der Waals surface area (Å²) in [4.78, 5) is 5.96. The molecule has 0 saturated carbocycles. The molecular weight excluding hydrogens is 302 g/mol. The highest BCUT2D eigenvalue weighted by molar-refractivity contribution is 5.43. The van der Waals surface area contributed by atoms with Gasteiger partial charge >= 0.3 is 0 Å². The van der Waals surface area contributed by atoms with Crippen LogP contribution in [0, 0.1) is 18.3 Å². The first-order valence-electron chi connectivity index (χ1n) is 7.61. The standard InChI is InChI=1S/C19H17N3O2/c1-15-11-19(24-21-15)13-22(18-5-3-2-4-6-18)23-14-17-9-7-16(12-20)8-10-17/h2-11H,13-14H2,1H3. The Morgan fingerprint density at radius 3 is 2.50 bits per heavy atom. The van der Waals surface area contributed by atoms with Gasteiger partial charge in [-0.1, -0.05) is 35.5 Å². The van der Waals surface area contributed by atoms with Gasteiger partial charge in [0.05, 0.1) is 29.6 Å². The summed E-state index contributed by atoms with van der Waals surface area (Å²) in [6, 6.07) is 21.2. The van der Waals surface area contributed by atoms with Crippen LogP contribution in [0.15, 0.2) is 65.2 Å². The van der Waals surface area contributed by atoms with E-state index in [-0.39, 0.29) is 0 Å². The Labute approximate surface area is 140 Å². The maximum absolute atomic E-state index is 8.86. The fourth-order valence-electron chi connectivity index (χ4n) is 2.27. The van der Waals surface area contributed by atoms with Crippen molar-refractivity contribution in [1.82, 2.24) is 5.16 Å². The number of hydroxylamine groups is 1. The van der Waals surface area contributed by atoms with Gasteiger partial charge in [-0.3, -0.25) is 4.84 Å². The molecule has 2 aromatic carbocycles. The average Bonchev–Trinajstić information content (AvgIpc) is 3.04. The minimum atomic E-state index is 0.397. The Bertz CT molecular complexity index is 820. The molecule has 1 aromatic heterocycles. The van der Waals surface area contributed by atoms with Crippen LogP contribution in [0.1, 0.15) is 22.6 Å². The minimum absolute atomic E-state index is 0.397. The van der Waals surface area contributed by atoms with E-state index in [0.717, 1.165) is 22.7 Å². The molecule has 5 nitrogen and oxygen atoms in total. The minimum Gasteiger partial charge on any atom is -0.359 e. The van der Waals surface area contributed by atoms with Gasteiger partial charge in [0.25, 0.3) is 0 Å². The van der Waals surface area contributed by atoms with Crippen molar-refractivity contribution in [2.75, 3.05) is 5.06 Å². The highest BCUT2D eigenvalue weighted by Gasteiger charge is 2.12. The van der Waals surface area contributed by atoms with E-state index in [1.807, 2.05) is 55.5 Å². The van der Waals surface area contributed by atoms with Crippen molar-refractivity contribution in [3.8, 4) is 6.07 Å². The highest BCUT2D eigenvalue weighted by atomic mass is 16.7. The van der Waals surface area contributed by atoms with E-state index in [1.54, 1.807) is 17.2 Å². The molecule has 3 aromatic rings. The van der Waals surface area contributed by atoms with Gasteiger partial charge in [-0.25, -0.2) is 5.06 Å². The number of nitrogens with zero attached hydrogens (tertiary/aromatic N) is 3. The summed E-state index contributed by atoms with van der Waals surface area (Å²) in [5.74, 6) is 0.733. The molecular formula is C19H17N3O2. The molecule has 0 unspecified atom stereocenters. The molecule has 0 amide bonds. The third-order valence-electron chi connectivity index (χ3n) is 3.49. The summed E-state index contributed by atoms with van der Waals surface area (Å²) >= 11 is 0. The van der Waals surface area contributed by atoms with Gasteiger partial charge in [0.2, 0.25) is 0 Å². The van der Waals surface area contributed by atoms with Crippen LogP contribution < -0.4 is 5.06 Å². The van der Waals surface area contributed by atoms with E-state index < -0.39 is 0 Å². The second-order valence-electron chi connectivity index (χ2n) is 5.39. The first-order valence-corrected chi connectivity index (χ1v) is 7.61. The molecule has 0 N–H and O–H groups in total. The third-order valence-corrected chi connectivity index (χ3v) is 3.49. The van der Waals surface area contributed by atoms with Gasteiger partial charge in [0.15, 0.2) is 5.76 Å². The second-order valence-corrected chi connectivity index (χ2v) is 5.39. The van der Waals surface area contributed by atoms with Gasteiger partial charge in [-0.15, -0.1) is 0 Å². The molecule has 0 saturated heterocycles. The lowest BCUT2D eigenvalue weighted by Crippen LogP contribution is -2.22. The molecule has 0 fully saturated rings. The Balaban J connectivity index is 1.73. The predicted molar refractivity (Wildman–Crippen MR) is 89.8 cm³/mol. The van der Waals surface area contributed by atoms with E-state index in [9.17, 15) is 0 Å². The lowest BCUT2D eigenvalue weighted by atomic mass is 10.2. The van der Waals surface area contributed by atoms with Gasteiger partial charge in [-0.05, 0) is 36.8 Å². The van der Waals surface area contributed by atoms with Crippen molar-refractivity contribution >= 4 is 5.69 Å². The van der Waals surface area contributed by atoms with Gasteiger partial charge in [0, 0.05) is 6.07 Å². The SMILES string of the molecule is Cc1cc(CN(OCc2ccc(C#N)cc2)c2ccccc2)on1. The molecule has 0 bridgehead atoms. The van der Waals surface area contributed by atoms with E-state index in [0.29, 0.717) is 18.7 Å². The predicted octanol–water partition coefficient (Wildman–Crippen LogP) is 3.99. The zero-order valence-corrected chi connectivity index (χ0v) is 13.3. The van der Waals surface area contributed by atoms with Crippen LogP contribution in [0.3, 0.4) is 0 Å². The van der Waals surface area contributed by atoms with E-state index in [4.69, 9.17) is 14.6 Å². The number of aryl methyl sites for hydroxylation is 1. The first-order chi connectivity index (χ1) is 11.7. The molecule has 120 valence electrons. The van der Waals surface area contributed by atoms with Crippen LogP contribution in [0.2, 0.25) is 0 Å². The summed E-state index contributed by atoms with van der Waals surface area (Å²) in [5, 5.41) is 14.5. The summed E-state index contributed by atoms with van der Waals surface area (Å²) in [7, 11) is 0. The quantitative estimate of drug-likeness (QED) is 0.643. The number of anilines is 1. The van der Waals surface area contributed by atoms with E-state index >= 15 is 0 Å².